The van der Waals surface area contributed by atoms with Crippen LogP contribution in [0.3, 0.4) is 0 Å². The van der Waals surface area contributed by atoms with Crippen LogP contribution in [0.25, 0.3) is 0 Å². The number of benzene rings is 2. The van der Waals surface area contributed by atoms with Gasteiger partial charge in [-0.15, -0.1) is 0 Å². The lowest BCUT2D eigenvalue weighted by atomic mass is 10.0. The van der Waals surface area contributed by atoms with Crippen LogP contribution in [-0.4, -0.2) is 44.7 Å². The average Bonchev–Trinajstić information content (AvgIpc) is 2.63. The van der Waals surface area contributed by atoms with Gasteiger partial charge >= 0.3 is 0 Å². The zero-order valence-electron chi connectivity index (χ0n) is 15.3. The molecule has 3 rings (SSSR count). The maximum Gasteiger partial charge on any atom is 0.241 e. The molecule has 0 aromatic heterocycles. The molecule has 0 saturated heterocycles. The lowest BCUT2D eigenvalue weighted by Crippen LogP contribution is -2.37. The predicted molar refractivity (Wildman–Crippen MR) is 107 cm³/mol. The Morgan fingerprint density at radius 2 is 1.85 bits per heavy atom. The molecule has 144 valence electrons. The second kappa shape index (κ2) is 8.83. The predicted octanol–water partition coefficient (Wildman–Crippen LogP) is 3.73. The van der Waals surface area contributed by atoms with Crippen molar-refractivity contribution in [2.45, 2.75) is 12.5 Å². The Hall–Kier alpha value is -1.95. The third-order valence-corrected chi connectivity index (χ3v) is 4.85. The van der Waals surface area contributed by atoms with Crippen molar-refractivity contribution in [3.63, 3.8) is 0 Å². The van der Waals surface area contributed by atoms with Crippen LogP contribution in [0.5, 0.6) is 11.5 Å². The van der Waals surface area contributed by atoms with Gasteiger partial charge in [-0.2, -0.15) is 0 Å². The molecule has 2 aromatic carbocycles. The van der Waals surface area contributed by atoms with Crippen molar-refractivity contribution in [2.75, 3.05) is 33.9 Å². The van der Waals surface area contributed by atoms with E-state index in [-0.39, 0.29) is 11.9 Å². The minimum absolute atomic E-state index is 0.0639. The quantitative estimate of drug-likeness (QED) is 0.790. The molecule has 0 fully saturated rings. The van der Waals surface area contributed by atoms with Crippen LogP contribution in [-0.2, 0) is 11.2 Å². The standard InChI is InChI=1S/C20H22Cl2N2O3/c1-24(2)18(14-3-5-15(21)6-4-14)20(25)23-8-7-13-11-16(22)19-17(12-13)26-9-10-27-19/h3-6,11-12,18H,7-10H2,1-2H3,(H,23,25). The van der Waals surface area contributed by atoms with E-state index in [4.69, 9.17) is 32.7 Å². The summed E-state index contributed by atoms with van der Waals surface area (Å²) >= 11 is 12.2. The minimum Gasteiger partial charge on any atom is -0.486 e. The molecule has 2 aromatic rings. The third-order valence-electron chi connectivity index (χ3n) is 4.32. The first-order valence-electron chi connectivity index (χ1n) is 8.73. The van der Waals surface area contributed by atoms with E-state index in [1.807, 2.05) is 43.3 Å². The van der Waals surface area contributed by atoms with Crippen molar-refractivity contribution in [1.29, 1.82) is 0 Å². The summed E-state index contributed by atoms with van der Waals surface area (Å²) in [6.45, 7) is 1.50. The van der Waals surface area contributed by atoms with Crippen molar-refractivity contribution in [3.05, 3.63) is 57.6 Å². The highest BCUT2D eigenvalue weighted by Gasteiger charge is 2.22. The number of amides is 1. The van der Waals surface area contributed by atoms with E-state index in [9.17, 15) is 4.79 Å². The van der Waals surface area contributed by atoms with Gasteiger partial charge in [-0.3, -0.25) is 9.69 Å². The summed E-state index contributed by atoms with van der Waals surface area (Å²) in [7, 11) is 3.75. The molecule has 1 aliphatic rings. The molecule has 0 spiro atoms. The van der Waals surface area contributed by atoms with Crippen LogP contribution in [0, 0.1) is 0 Å². The Kier molecular flexibility index (Phi) is 6.47. The fourth-order valence-corrected chi connectivity index (χ4v) is 3.48. The molecular formula is C20H22Cl2N2O3. The van der Waals surface area contributed by atoms with Crippen LogP contribution < -0.4 is 14.8 Å². The van der Waals surface area contributed by atoms with Crippen molar-refractivity contribution < 1.29 is 14.3 Å². The zero-order chi connectivity index (χ0) is 19.4. The van der Waals surface area contributed by atoms with E-state index >= 15 is 0 Å². The normalized spacial score (nSPS) is 14.1. The lowest BCUT2D eigenvalue weighted by Gasteiger charge is -2.24. The van der Waals surface area contributed by atoms with E-state index in [0.717, 1.165) is 11.1 Å². The Balaban J connectivity index is 1.63. The first-order valence-corrected chi connectivity index (χ1v) is 9.49. The highest BCUT2D eigenvalue weighted by Crippen LogP contribution is 2.38. The van der Waals surface area contributed by atoms with Crippen LogP contribution in [0.2, 0.25) is 10.0 Å². The summed E-state index contributed by atoms with van der Waals surface area (Å²) < 4.78 is 11.1. The first kappa shape index (κ1) is 19.8. The van der Waals surface area contributed by atoms with E-state index in [1.165, 1.54) is 0 Å². The summed E-state index contributed by atoms with van der Waals surface area (Å²) in [6.07, 6.45) is 0.642. The van der Waals surface area contributed by atoms with Crippen molar-refractivity contribution >= 4 is 29.1 Å². The Morgan fingerprint density at radius 1 is 1.15 bits per heavy atom. The fourth-order valence-electron chi connectivity index (χ4n) is 3.06. The van der Waals surface area contributed by atoms with Crippen LogP contribution >= 0.6 is 23.2 Å². The number of hydrogen-bond acceptors (Lipinski definition) is 4. The molecule has 1 aliphatic heterocycles. The van der Waals surface area contributed by atoms with Crippen molar-refractivity contribution in [1.82, 2.24) is 10.2 Å². The number of ether oxygens (including phenoxy) is 2. The summed E-state index contributed by atoms with van der Waals surface area (Å²) in [4.78, 5) is 14.6. The molecule has 1 heterocycles. The number of nitrogens with one attached hydrogen (secondary N) is 1. The van der Waals surface area contributed by atoms with Gasteiger partial charge < -0.3 is 14.8 Å². The largest absolute Gasteiger partial charge is 0.486 e. The number of carbonyl (C=O) groups is 1. The second-order valence-electron chi connectivity index (χ2n) is 6.56. The lowest BCUT2D eigenvalue weighted by molar-refractivity contribution is -0.125. The molecule has 27 heavy (non-hydrogen) atoms. The number of rotatable bonds is 6. The summed E-state index contributed by atoms with van der Waals surface area (Å²) in [5.41, 5.74) is 1.88. The maximum absolute atomic E-state index is 12.7. The highest BCUT2D eigenvalue weighted by molar-refractivity contribution is 6.32. The minimum atomic E-state index is -0.383. The van der Waals surface area contributed by atoms with Gasteiger partial charge in [0, 0.05) is 11.6 Å². The summed E-state index contributed by atoms with van der Waals surface area (Å²) in [5, 5.41) is 4.17. The topological polar surface area (TPSA) is 50.8 Å². The van der Waals surface area contributed by atoms with E-state index in [1.54, 1.807) is 12.1 Å². The molecular weight excluding hydrogens is 387 g/mol. The van der Waals surface area contributed by atoms with Crippen molar-refractivity contribution in [3.8, 4) is 11.5 Å². The zero-order valence-corrected chi connectivity index (χ0v) is 16.8. The molecule has 0 saturated carbocycles. The number of nitrogens with zero attached hydrogens (tertiary/aromatic N) is 1. The molecule has 5 nitrogen and oxygen atoms in total. The van der Waals surface area contributed by atoms with E-state index < -0.39 is 0 Å². The fraction of sp³-hybridized carbons (Fsp3) is 0.350. The molecule has 1 N–H and O–H groups in total. The van der Waals surface area contributed by atoms with E-state index in [2.05, 4.69) is 5.32 Å². The first-order chi connectivity index (χ1) is 13.0. The van der Waals surface area contributed by atoms with Crippen LogP contribution in [0.15, 0.2) is 36.4 Å². The second-order valence-corrected chi connectivity index (χ2v) is 7.40. The Bertz CT molecular complexity index is 810. The SMILES string of the molecule is CN(C)C(C(=O)NCCc1cc(Cl)c2c(c1)OCCO2)c1ccc(Cl)cc1. The van der Waals surface area contributed by atoms with Crippen LogP contribution in [0.1, 0.15) is 17.2 Å². The molecule has 1 atom stereocenters. The number of carbonyl (C=O) groups excluding carboxylic acids is 1. The molecule has 7 heteroatoms. The number of likely N-dealkylation sites (N-methyl/N-ethyl adjacent to an activating group) is 1. The average molecular weight is 409 g/mol. The van der Waals surface area contributed by atoms with Gasteiger partial charge in [0.05, 0.1) is 5.02 Å². The number of fused-ring (bicyclic) bond motifs is 1. The Labute approximate surface area is 169 Å². The smallest absolute Gasteiger partial charge is 0.241 e. The number of halogens is 2. The highest BCUT2D eigenvalue weighted by atomic mass is 35.5. The molecule has 0 radical (unpaired) electrons. The van der Waals surface area contributed by atoms with Gasteiger partial charge in [-0.1, -0.05) is 35.3 Å². The summed E-state index contributed by atoms with van der Waals surface area (Å²) in [6, 6.07) is 10.7. The van der Waals surface area contributed by atoms with Gasteiger partial charge in [-0.05, 0) is 55.9 Å². The molecule has 0 aliphatic carbocycles. The van der Waals surface area contributed by atoms with Gasteiger partial charge in [0.25, 0.3) is 0 Å². The monoisotopic (exact) mass is 408 g/mol. The molecule has 1 unspecified atom stereocenters. The van der Waals surface area contributed by atoms with Gasteiger partial charge in [0.15, 0.2) is 11.5 Å². The maximum atomic E-state index is 12.7. The molecule has 1 amide bonds. The number of hydrogen-bond donors (Lipinski definition) is 1. The summed E-state index contributed by atoms with van der Waals surface area (Å²) in [5.74, 6) is 1.18. The van der Waals surface area contributed by atoms with Gasteiger partial charge in [-0.25, -0.2) is 0 Å². The van der Waals surface area contributed by atoms with Gasteiger partial charge in [0.2, 0.25) is 5.91 Å². The molecule has 0 bridgehead atoms. The third kappa shape index (κ3) is 4.86. The Morgan fingerprint density at radius 3 is 2.56 bits per heavy atom. The van der Waals surface area contributed by atoms with Gasteiger partial charge in [0.1, 0.15) is 19.3 Å². The van der Waals surface area contributed by atoms with E-state index in [0.29, 0.717) is 47.7 Å². The van der Waals surface area contributed by atoms with Crippen molar-refractivity contribution in [2.24, 2.45) is 0 Å². The van der Waals surface area contributed by atoms with Crippen LogP contribution in [0.4, 0.5) is 0 Å².